The van der Waals surface area contributed by atoms with Gasteiger partial charge in [-0.1, -0.05) is 18.0 Å². The van der Waals surface area contributed by atoms with Crippen LogP contribution in [0.15, 0.2) is 18.2 Å². The minimum Gasteiger partial charge on any atom is -0.465 e. The molecule has 3 atom stereocenters. The highest BCUT2D eigenvalue weighted by Crippen LogP contribution is 2.36. The van der Waals surface area contributed by atoms with E-state index in [4.69, 9.17) is 22.1 Å². The molecule has 1 saturated carbocycles. The normalized spacial score (nSPS) is 28.4. The Morgan fingerprint density at radius 3 is 2.95 bits per heavy atom. The van der Waals surface area contributed by atoms with Gasteiger partial charge < -0.3 is 10.5 Å². The standard InChI is InChI=1S/C17H23ClN2O2/c1-22-17(21)11-5-6-15(18)13(7-11)9-20-8-12-3-2-4-16(19)14(12)10-20/h5-7,12,14,16H,2-4,8-10,19H2,1H3. The molecule has 1 saturated heterocycles. The number of esters is 1. The number of nitrogens with two attached hydrogens (primary N) is 1. The largest absolute Gasteiger partial charge is 0.465 e. The fraction of sp³-hybridized carbons (Fsp3) is 0.588. The number of ether oxygens (including phenoxy) is 1. The van der Waals surface area contributed by atoms with Gasteiger partial charge in [0.25, 0.3) is 0 Å². The Morgan fingerprint density at radius 2 is 2.23 bits per heavy atom. The van der Waals surface area contributed by atoms with Gasteiger partial charge in [-0.05, 0) is 48.4 Å². The quantitative estimate of drug-likeness (QED) is 0.869. The van der Waals surface area contributed by atoms with Crippen LogP contribution in [0.25, 0.3) is 0 Å². The van der Waals surface area contributed by atoms with Gasteiger partial charge in [0.2, 0.25) is 0 Å². The second-order valence-electron chi connectivity index (χ2n) is 6.51. The van der Waals surface area contributed by atoms with E-state index in [1.165, 1.54) is 20.0 Å². The van der Waals surface area contributed by atoms with Crippen LogP contribution in [0.1, 0.15) is 35.2 Å². The van der Waals surface area contributed by atoms with Crippen LogP contribution in [0, 0.1) is 11.8 Å². The predicted octanol–water partition coefficient (Wildman–Crippen LogP) is 2.69. The average molecular weight is 323 g/mol. The number of halogens is 1. The minimum atomic E-state index is -0.324. The number of fused-ring (bicyclic) bond motifs is 1. The minimum absolute atomic E-state index is 0.324. The lowest BCUT2D eigenvalue weighted by Crippen LogP contribution is -2.38. The summed E-state index contributed by atoms with van der Waals surface area (Å²) in [5.74, 6) is 0.998. The van der Waals surface area contributed by atoms with Gasteiger partial charge in [-0.3, -0.25) is 4.90 Å². The summed E-state index contributed by atoms with van der Waals surface area (Å²) in [4.78, 5) is 14.1. The van der Waals surface area contributed by atoms with E-state index in [1.807, 2.05) is 6.07 Å². The molecule has 2 N–H and O–H groups in total. The molecule has 0 amide bonds. The van der Waals surface area contributed by atoms with E-state index in [1.54, 1.807) is 12.1 Å². The number of benzene rings is 1. The van der Waals surface area contributed by atoms with Crippen LogP contribution < -0.4 is 5.73 Å². The van der Waals surface area contributed by atoms with E-state index >= 15 is 0 Å². The van der Waals surface area contributed by atoms with E-state index in [9.17, 15) is 4.79 Å². The Balaban J connectivity index is 1.72. The summed E-state index contributed by atoms with van der Waals surface area (Å²) in [7, 11) is 1.39. The maximum atomic E-state index is 11.7. The van der Waals surface area contributed by atoms with E-state index in [0.29, 0.717) is 28.5 Å². The predicted molar refractivity (Wildman–Crippen MR) is 86.9 cm³/mol. The molecular weight excluding hydrogens is 300 g/mol. The van der Waals surface area contributed by atoms with Crippen LogP contribution in [0.4, 0.5) is 0 Å². The van der Waals surface area contributed by atoms with Crippen molar-refractivity contribution in [1.82, 2.24) is 4.90 Å². The molecule has 5 heteroatoms. The topological polar surface area (TPSA) is 55.6 Å². The highest BCUT2D eigenvalue weighted by molar-refractivity contribution is 6.31. The van der Waals surface area contributed by atoms with E-state index in [0.717, 1.165) is 31.6 Å². The van der Waals surface area contributed by atoms with Crippen molar-refractivity contribution in [3.05, 3.63) is 34.3 Å². The first kappa shape index (κ1) is 15.8. The lowest BCUT2D eigenvalue weighted by molar-refractivity contribution is 0.0600. The maximum Gasteiger partial charge on any atom is 0.337 e. The lowest BCUT2D eigenvalue weighted by Gasteiger charge is -2.29. The molecule has 0 spiro atoms. The fourth-order valence-electron chi connectivity index (χ4n) is 3.92. The monoisotopic (exact) mass is 322 g/mol. The molecule has 1 aromatic carbocycles. The SMILES string of the molecule is COC(=O)c1ccc(Cl)c(CN2CC3CCCC(N)C3C2)c1. The Bertz CT molecular complexity index is 564. The summed E-state index contributed by atoms with van der Waals surface area (Å²) in [6.07, 6.45) is 3.67. The summed E-state index contributed by atoms with van der Waals surface area (Å²) in [5, 5.41) is 0.701. The first-order valence-electron chi connectivity index (χ1n) is 7.93. The number of rotatable bonds is 3. The molecule has 0 radical (unpaired) electrons. The maximum absolute atomic E-state index is 11.7. The van der Waals surface area contributed by atoms with Gasteiger partial charge in [0.05, 0.1) is 12.7 Å². The third kappa shape index (κ3) is 3.14. The Kier molecular flexibility index (Phi) is 4.71. The fourth-order valence-corrected chi connectivity index (χ4v) is 4.10. The van der Waals surface area contributed by atoms with E-state index in [-0.39, 0.29) is 5.97 Å². The van der Waals surface area contributed by atoms with Crippen LogP contribution in [0.3, 0.4) is 0 Å². The molecule has 4 nitrogen and oxygen atoms in total. The Hall–Kier alpha value is -1.10. The highest BCUT2D eigenvalue weighted by atomic mass is 35.5. The zero-order valence-corrected chi connectivity index (χ0v) is 13.7. The van der Waals surface area contributed by atoms with Crippen molar-refractivity contribution in [2.45, 2.75) is 31.8 Å². The van der Waals surface area contributed by atoms with Crippen molar-refractivity contribution >= 4 is 17.6 Å². The zero-order chi connectivity index (χ0) is 15.7. The molecule has 2 fully saturated rings. The number of nitrogens with zero attached hydrogens (tertiary/aromatic N) is 1. The Labute approximate surface area is 136 Å². The lowest BCUT2D eigenvalue weighted by atomic mass is 9.78. The molecular formula is C17H23ClN2O2. The number of hydrogen-bond donors (Lipinski definition) is 1. The summed E-state index contributed by atoms with van der Waals surface area (Å²) in [5.41, 5.74) is 7.81. The van der Waals surface area contributed by atoms with E-state index < -0.39 is 0 Å². The summed E-state index contributed by atoms with van der Waals surface area (Å²) in [6.45, 7) is 2.88. The molecule has 1 aromatic rings. The highest BCUT2D eigenvalue weighted by Gasteiger charge is 2.38. The van der Waals surface area contributed by atoms with Crippen molar-refractivity contribution in [3.63, 3.8) is 0 Å². The van der Waals surface area contributed by atoms with Gasteiger partial charge in [-0.15, -0.1) is 0 Å². The van der Waals surface area contributed by atoms with E-state index in [2.05, 4.69) is 4.90 Å². The van der Waals surface area contributed by atoms with Gasteiger partial charge in [-0.25, -0.2) is 4.79 Å². The summed E-state index contributed by atoms with van der Waals surface area (Å²) >= 11 is 6.30. The number of methoxy groups -OCH3 is 1. The van der Waals surface area contributed by atoms with Crippen molar-refractivity contribution < 1.29 is 9.53 Å². The molecule has 0 bridgehead atoms. The molecule has 1 aliphatic carbocycles. The summed E-state index contributed by atoms with van der Waals surface area (Å²) < 4.78 is 4.78. The van der Waals surface area contributed by atoms with Gasteiger partial charge in [0.1, 0.15) is 0 Å². The second-order valence-corrected chi connectivity index (χ2v) is 6.92. The smallest absolute Gasteiger partial charge is 0.337 e. The van der Waals surface area contributed by atoms with Crippen LogP contribution in [-0.4, -0.2) is 37.1 Å². The number of carbonyl (C=O) groups is 1. The summed E-state index contributed by atoms with van der Waals surface area (Å²) in [6, 6.07) is 5.66. The molecule has 1 aliphatic heterocycles. The molecule has 2 aliphatic rings. The van der Waals surface area contributed by atoms with Gasteiger partial charge >= 0.3 is 5.97 Å². The second kappa shape index (κ2) is 6.57. The van der Waals surface area contributed by atoms with Gasteiger partial charge in [-0.2, -0.15) is 0 Å². The third-order valence-corrected chi connectivity index (χ3v) is 5.46. The van der Waals surface area contributed by atoms with Crippen molar-refractivity contribution in [1.29, 1.82) is 0 Å². The van der Waals surface area contributed by atoms with Crippen LogP contribution >= 0.6 is 11.6 Å². The van der Waals surface area contributed by atoms with Gasteiger partial charge in [0.15, 0.2) is 0 Å². The molecule has 3 unspecified atom stereocenters. The average Bonchev–Trinajstić information content (AvgIpc) is 2.93. The number of likely N-dealkylation sites (tertiary alicyclic amines) is 1. The van der Waals surface area contributed by atoms with Crippen molar-refractivity contribution in [2.75, 3.05) is 20.2 Å². The molecule has 3 rings (SSSR count). The van der Waals surface area contributed by atoms with Crippen LogP contribution in [-0.2, 0) is 11.3 Å². The Morgan fingerprint density at radius 1 is 1.41 bits per heavy atom. The molecule has 1 heterocycles. The molecule has 0 aromatic heterocycles. The third-order valence-electron chi connectivity index (χ3n) is 5.09. The molecule has 120 valence electrons. The first-order chi connectivity index (χ1) is 10.6. The van der Waals surface area contributed by atoms with Gasteiger partial charge in [0, 0.05) is 30.7 Å². The van der Waals surface area contributed by atoms with Crippen LogP contribution in [0.2, 0.25) is 5.02 Å². The molecule has 22 heavy (non-hydrogen) atoms. The number of carbonyl (C=O) groups excluding carboxylic acids is 1. The zero-order valence-electron chi connectivity index (χ0n) is 12.9. The number of hydrogen-bond acceptors (Lipinski definition) is 4. The first-order valence-corrected chi connectivity index (χ1v) is 8.31. The van der Waals surface area contributed by atoms with Crippen molar-refractivity contribution in [3.8, 4) is 0 Å². The van der Waals surface area contributed by atoms with Crippen LogP contribution in [0.5, 0.6) is 0 Å². The van der Waals surface area contributed by atoms with Crippen molar-refractivity contribution in [2.24, 2.45) is 17.6 Å².